The molecular weight excluding hydrogens is 176 g/mol. The lowest BCUT2D eigenvalue weighted by molar-refractivity contribution is 0.182. The number of nitrogens with one attached hydrogen (secondary N) is 1. The molecule has 0 saturated heterocycles. The normalized spacial score (nSPS) is 20.7. The summed E-state index contributed by atoms with van der Waals surface area (Å²) in [5.74, 6) is -0.939. The first-order valence-corrected chi connectivity index (χ1v) is 4.07. The van der Waals surface area contributed by atoms with Crippen LogP contribution in [0.3, 0.4) is 0 Å². The number of aliphatic hydroxyl groups is 1. The van der Waals surface area contributed by atoms with Crippen molar-refractivity contribution < 1.29 is 13.9 Å². The van der Waals surface area contributed by atoms with E-state index < -0.39 is 17.7 Å². The van der Waals surface area contributed by atoms with Crippen LogP contribution in [0.5, 0.6) is 0 Å². The average molecular weight is 185 g/mol. The van der Waals surface area contributed by atoms with Gasteiger partial charge in [0.25, 0.3) is 0 Å². The Labute approximate surface area is 74.2 Å². The van der Waals surface area contributed by atoms with Crippen molar-refractivity contribution >= 4 is 5.69 Å². The molecule has 1 aliphatic heterocycles. The van der Waals surface area contributed by atoms with E-state index in [2.05, 4.69) is 5.32 Å². The van der Waals surface area contributed by atoms with Crippen LogP contribution in [0.4, 0.5) is 14.5 Å². The molecule has 0 saturated carbocycles. The third-order valence-electron chi connectivity index (χ3n) is 2.16. The molecule has 0 fully saturated rings. The molecule has 0 radical (unpaired) electrons. The number of hydrogen-bond acceptors (Lipinski definition) is 2. The predicted octanol–water partition coefficient (Wildman–Crippen LogP) is 1.29. The van der Waals surface area contributed by atoms with E-state index in [0.717, 1.165) is 12.1 Å². The van der Waals surface area contributed by atoms with Gasteiger partial charge in [0.05, 0.1) is 11.8 Å². The second-order valence-electron chi connectivity index (χ2n) is 3.12. The Morgan fingerprint density at radius 1 is 1.31 bits per heavy atom. The third-order valence-corrected chi connectivity index (χ3v) is 2.16. The summed E-state index contributed by atoms with van der Waals surface area (Å²) in [5.41, 5.74) is 0.420. The number of benzene rings is 1. The van der Waals surface area contributed by atoms with Crippen molar-refractivity contribution in [2.45, 2.75) is 12.5 Å². The number of β-amino-alcohol motifs (C(OH)–C–C–N with tert-alkyl or cyclic N) is 1. The van der Waals surface area contributed by atoms with Gasteiger partial charge in [-0.25, -0.2) is 8.78 Å². The van der Waals surface area contributed by atoms with Crippen LogP contribution in [-0.2, 0) is 6.42 Å². The van der Waals surface area contributed by atoms with Gasteiger partial charge in [0.15, 0.2) is 0 Å². The van der Waals surface area contributed by atoms with E-state index in [4.69, 9.17) is 0 Å². The summed E-state index contributed by atoms with van der Waals surface area (Å²) in [7, 11) is 0. The van der Waals surface area contributed by atoms with Gasteiger partial charge >= 0.3 is 0 Å². The van der Waals surface area contributed by atoms with Crippen LogP contribution >= 0.6 is 0 Å². The highest BCUT2D eigenvalue weighted by molar-refractivity contribution is 5.55. The quantitative estimate of drug-likeness (QED) is 0.638. The Morgan fingerprint density at radius 2 is 2.00 bits per heavy atom. The summed E-state index contributed by atoms with van der Waals surface area (Å²) in [6, 6.07) is 2.16. The number of anilines is 1. The molecule has 2 nitrogen and oxygen atoms in total. The van der Waals surface area contributed by atoms with Crippen LogP contribution in [0.2, 0.25) is 0 Å². The molecule has 0 amide bonds. The van der Waals surface area contributed by atoms with Crippen LogP contribution in [0.15, 0.2) is 12.1 Å². The maximum atomic E-state index is 13.1. The Morgan fingerprint density at radius 3 is 2.77 bits per heavy atom. The van der Waals surface area contributed by atoms with E-state index in [-0.39, 0.29) is 24.2 Å². The molecule has 1 aromatic carbocycles. The molecule has 1 atom stereocenters. The van der Waals surface area contributed by atoms with Crippen molar-refractivity contribution in [3.8, 4) is 0 Å². The van der Waals surface area contributed by atoms with Gasteiger partial charge in [0.1, 0.15) is 11.6 Å². The topological polar surface area (TPSA) is 32.3 Å². The molecule has 4 heteroatoms. The number of fused-ring (bicyclic) bond motifs is 1. The molecule has 70 valence electrons. The van der Waals surface area contributed by atoms with Gasteiger partial charge in [-0.1, -0.05) is 0 Å². The largest absolute Gasteiger partial charge is 0.391 e. The van der Waals surface area contributed by atoms with Crippen LogP contribution in [0.1, 0.15) is 5.56 Å². The van der Waals surface area contributed by atoms with Crippen LogP contribution < -0.4 is 5.32 Å². The highest BCUT2D eigenvalue weighted by Crippen LogP contribution is 2.27. The number of rotatable bonds is 0. The zero-order valence-corrected chi connectivity index (χ0v) is 6.85. The van der Waals surface area contributed by atoms with Gasteiger partial charge in [-0.3, -0.25) is 0 Å². The van der Waals surface area contributed by atoms with Gasteiger partial charge in [0.2, 0.25) is 0 Å². The number of aliphatic hydroxyl groups excluding tert-OH is 1. The fourth-order valence-corrected chi connectivity index (χ4v) is 1.51. The zero-order valence-electron chi connectivity index (χ0n) is 6.85. The van der Waals surface area contributed by atoms with Gasteiger partial charge in [-0.15, -0.1) is 0 Å². The molecule has 1 aromatic rings. The zero-order chi connectivity index (χ0) is 9.42. The van der Waals surface area contributed by atoms with Crippen molar-refractivity contribution in [3.63, 3.8) is 0 Å². The maximum Gasteiger partial charge on any atom is 0.146 e. The lowest BCUT2D eigenvalue weighted by Crippen LogP contribution is -2.28. The van der Waals surface area contributed by atoms with E-state index in [1.54, 1.807) is 0 Å². The molecule has 0 bridgehead atoms. The minimum atomic E-state index is -0.635. The van der Waals surface area contributed by atoms with Crippen LogP contribution in [-0.4, -0.2) is 17.8 Å². The van der Waals surface area contributed by atoms with E-state index in [1.165, 1.54) is 0 Å². The van der Waals surface area contributed by atoms with Gasteiger partial charge in [-0.05, 0) is 12.1 Å². The molecular formula is C9H9F2NO. The van der Waals surface area contributed by atoms with E-state index >= 15 is 0 Å². The summed E-state index contributed by atoms with van der Waals surface area (Å²) in [6.07, 6.45) is -0.463. The second-order valence-corrected chi connectivity index (χ2v) is 3.12. The van der Waals surface area contributed by atoms with Crippen molar-refractivity contribution in [2.75, 3.05) is 11.9 Å². The van der Waals surface area contributed by atoms with Crippen LogP contribution in [0.25, 0.3) is 0 Å². The van der Waals surface area contributed by atoms with Gasteiger partial charge < -0.3 is 10.4 Å². The summed E-state index contributed by atoms with van der Waals surface area (Å²) in [5, 5.41) is 11.9. The average Bonchev–Trinajstić information content (AvgIpc) is 2.12. The monoisotopic (exact) mass is 185 g/mol. The molecule has 2 rings (SSSR count). The Balaban J connectivity index is 2.51. The number of hydrogen-bond donors (Lipinski definition) is 2. The summed E-state index contributed by atoms with van der Waals surface area (Å²) < 4.78 is 26.2. The predicted molar refractivity (Wildman–Crippen MR) is 44.6 cm³/mol. The Bertz CT molecular complexity index is 341. The highest BCUT2D eigenvalue weighted by atomic mass is 19.1. The fourth-order valence-electron chi connectivity index (χ4n) is 1.51. The summed E-state index contributed by atoms with van der Waals surface area (Å²) >= 11 is 0. The van der Waals surface area contributed by atoms with Crippen molar-refractivity contribution in [1.82, 2.24) is 0 Å². The first-order chi connectivity index (χ1) is 6.18. The van der Waals surface area contributed by atoms with E-state index in [0.29, 0.717) is 0 Å². The smallest absolute Gasteiger partial charge is 0.146 e. The first kappa shape index (κ1) is 8.44. The van der Waals surface area contributed by atoms with Crippen LogP contribution in [0, 0.1) is 11.6 Å². The highest BCUT2D eigenvalue weighted by Gasteiger charge is 2.21. The molecule has 0 spiro atoms. The lowest BCUT2D eigenvalue weighted by Gasteiger charge is -2.23. The first-order valence-electron chi connectivity index (χ1n) is 4.07. The fraction of sp³-hybridized carbons (Fsp3) is 0.333. The van der Waals surface area contributed by atoms with E-state index in [1.807, 2.05) is 0 Å². The summed E-state index contributed by atoms with van der Waals surface area (Å²) in [4.78, 5) is 0. The van der Waals surface area contributed by atoms with Gasteiger partial charge in [0, 0.05) is 18.5 Å². The van der Waals surface area contributed by atoms with Gasteiger partial charge in [-0.2, -0.15) is 0 Å². The minimum Gasteiger partial charge on any atom is -0.391 e. The molecule has 1 unspecified atom stereocenters. The number of halogens is 2. The standard InChI is InChI=1S/C9H9F2NO/c10-7-1-2-8(11)9-6(7)3-5(13)4-12-9/h1-2,5,12-13H,3-4H2. The second kappa shape index (κ2) is 2.96. The minimum absolute atomic E-state index is 0.173. The molecule has 1 heterocycles. The summed E-state index contributed by atoms with van der Waals surface area (Å²) in [6.45, 7) is 0.271. The SMILES string of the molecule is OC1CNc2c(F)ccc(F)c2C1. The molecule has 0 aromatic heterocycles. The van der Waals surface area contributed by atoms with Crippen molar-refractivity contribution in [3.05, 3.63) is 29.3 Å². The van der Waals surface area contributed by atoms with E-state index in [9.17, 15) is 13.9 Å². The maximum absolute atomic E-state index is 13.1. The lowest BCUT2D eigenvalue weighted by atomic mass is 10.0. The van der Waals surface area contributed by atoms with Crippen molar-refractivity contribution in [1.29, 1.82) is 0 Å². The third kappa shape index (κ3) is 1.37. The molecule has 2 N–H and O–H groups in total. The Kier molecular flexibility index (Phi) is 1.92. The molecule has 1 aliphatic rings. The molecule has 0 aliphatic carbocycles. The molecule has 13 heavy (non-hydrogen) atoms. The Hall–Kier alpha value is -1.16. The van der Waals surface area contributed by atoms with Crippen molar-refractivity contribution in [2.24, 2.45) is 0 Å².